The van der Waals surface area contributed by atoms with Crippen LogP contribution in [-0.4, -0.2) is 13.3 Å². The maximum Gasteiger partial charge on any atom is 0.129 e. The van der Waals surface area contributed by atoms with Crippen LogP contribution in [0.25, 0.3) is 116 Å². The molecular weight excluding hydrogens is 1290 g/mol. The van der Waals surface area contributed by atoms with Crippen molar-refractivity contribution in [1.82, 2.24) is 13.3 Å². The minimum absolute atomic E-state index is 0.0598. The fraction of sp³-hybridized carbons (Fsp3) is 0.0816. The fourth-order valence-corrected chi connectivity index (χ4v) is 15.2. The van der Waals surface area contributed by atoms with E-state index in [-0.39, 0.29) is 10.8 Å². The van der Waals surface area contributed by atoms with Crippen LogP contribution in [0.15, 0.2) is 340 Å². The maximum absolute atomic E-state index is 10.8. The Morgan fingerprint density at radius 1 is 0.324 bits per heavy atom. The molecule has 0 spiro atoms. The van der Waals surface area contributed by atoms with Gasteiger partial charge in [0.1, 0.15) is 23.2 Å². The predicted molar refractivity (Wildman–Crippen MR) is 440 cm³/mol. The molecule has 0 radical (unpaired) electrons. The Hall–Kier alpha value is -13.0. The highest BCUT2D eigenvalue weighted by molar-refractivity contribution is 7.00. The van der Waals surface area contributed by atoms with Crippen molar-refractivity contribution in [1.29, 1.82) is 10.5 Å². The molecule has 0 aliphatic heterocycles. The van der Waals surface area contributed by atoms with Gasteiger partial charge in [-0.1, -0.05) is 308 Å². The molecule has 0 amide bonds. The lowest BCUT2D eigenvalue weighted by Crippen LogP contribution is -2.10. The molecule has 6 nitrogen and oxygen atoms in total. The van der Waals surface area contributed by atoms with Gasteiger partial charge in [0.05, 0.1) is 39.6 Å². The molecule has 0 unspecified atom stereocenters. The smallest absolute Gasteiger partial charge is 0.129 e. The van der Waals surface area contributed by atoms with Crippen LogP contribution in [0.5, 0.6) is 0 Å². The largest absolute Gasteiger partial charge is 0.309 e. The van der Waals surface area contributed by atoms with Crippen LogP contribution in [0, 0.1) is 22.7 Å². The summed E-state index contributed by atoms with van der Waals surface area (Å²) in [5.74, 6) is 0. The van der Waals surface area contributed by atoms with E-state index in [1.807, 2.05) is 72.8 Å². The SMILES string of the molecule is CC(C)(C)c1ccc(-c2ccc3c(c2)c2cc(-c4ccc(C(C)(C)C)cc4)ccc2n3-c2ccc(-c3ccc(N(c4ccc(-c5ccc(C(C#N)=C(c6ccccc6)c6ccccc6)cc5)cc4)c4ccc(-c5ccc(C(C#N)=C(c6ccccc6)c6ccccc6)cc5)cc4)c4nsnc34)cc2)cc1. The summed E-state index contributed by atoms with van der Waals surface area (Å²) in [6.07, 6.45) is 0. The first-order valence-corrected chi connectivity index (χ1v) is 36.4. The topological polar surface area (TPSA) is 81.5 Å². The number of anilines is 3. The van der Waals surface area contributed by atoms with Gasteiger partial charge in [0.25, 0.3) is 0 Å². The summed E-state index contributed by atoms with van der Waals surface area (Å²) >= 11 is 1.22. The number of rotatable bonds is 15. The number of nitriles is 2. The third-order valence-electron chi connectivity index (χ3n) is 20.2. The number of aromatic nitrogens is 3. The van der Waals surface area contributed by atoms with Gasteiger partial charge in [-0.15, -0.1) is 0 Å². The maximum atomic E-state index is 10.8. The van der Waals surface area contributed by atoms with Crippen molar-refractivity contribution in [3.05, 3.63) is 384 Å². The Kier molecular flexibility index (Phi) is 17.8. The molecule has 7 heteroatoms. The van der Waals surface area contributed by atoms with Crippen molar-refractivity contribution in [2.45, 2.75) is 52.4 Å². The molecule has 14 aromatic carbocycles. The van der Waals surface area contributed by atoms with Crippen molar-refractivity contribution >= 4 is 83.9 Å². The van der Waals surface area contributed by atoms with E-state index in [4.69, 9.17) is 8.75 Å². The third-order valence-corrected chi connectivity index (χ3v) is 20.8. The van der Waals surface area contributed by atoms with Crippen LogP contribution in [0.1, 0.15) is 86.1 Å². The molecule has 0 saturated carbocycles. The van der Waals surface area contributed by atoms with E-state index in [1.54, 1.807) is 0 Å². The van der Waals surface area contributed by atoms with Crippen LogP contribution in [0.3, 0.4) is 0 Å². The van der Waals surface area contributed by atoms with E-state index in [1.165, 1.54) is 55.9 Å². The Balaban J connectivity index is 0.758. The van der Waals surface area contributed by atoms with Crippen molar-refractivity contribution in [2.24, 2.45) is 0 Å². The lowest BCUT2D eigenvalue weighted by Gasteiger charge is -2.26. The second-order valence-corrected chi connectivity index (χ2v) is 29.4. The second-order valence-electron chi connectivity index (χ2n) is 28.9. The fourth-order valence-electron chi connectivity index (χ4n) is 14.6. The molecule has 105 heavy (non-hydrogen) atoms. The number of hydrogen-bond donors (Lipinski definition) is 0. The molecule has 0 atom stereocenters. The molecular formula is C98H74N6S. The summed E-state index contributed by atoms with van der Waals surface area (Å²) < 4.78 is 12.6. The number of allylic oxidation sites excluding steroid dienone is 2. The first-order chi connectivity index (χ1) is 51.2. The zero-order valence-electron chi connectivity index (χ0n) is 59.4. The van der Waals surface area contributed by atoms with Crippen LogP contribution in [0.2, 0.25) is 0 Å². The Morgan fingerprint density at radius 3 is 1.01 bits per heavy atom. The minimum Gasteiger partial charge on any atom is -0.309 e. The van der Waals surface area contributed by atoms with Crippen LogP contribution in [-0.2, 0) is 10.8 Å². The van der Waals surface area contributed by atoms with E-state index in [0.29, 0.717) is 11.1 Å². The summed E-state index contributed by atoms with van der Waals surface area (Å²) in [4.78, 5) is 2.27. The third kappa shape index (κ3) is 13.2. The molecule has 502 valence electrons. The molecule has 0 N–H and O–H groups in total. The molecule has 0 aliphatic rings. The summed E-state index contributed by atoms with van der Waals surface area (Å²) in [5.41, 5.74) is 30.0. The highest BCUT2D eigenvalue weighted by Gasteiger charge is 2.24. The molecule has 0 fully saturated rings. The Bertz CT molecular complexity index is 5610. The van der Waals surface area contributed by atoms with Crippen molar-refractivity contribution in [2.75, 3.05) is 4.90 Å². The van der Waals surface area contributed by atoms with Gasteiger partial charge >= 0.3 is 0 Å². The number of benzene rings is 14. The van der Waals surface area contributed by atoms with E-state index in [2.05, 4.69) is 330 Å². The number of nitrogens with zero attached hydrogens (tertiary/aromatic N) is 6. The summed E-state index contributed by atoms with van der Waals surface area (Å²) in [7, 11) is 0. The van der Waals surface area contributed by atoms with Crippen LogP contribution in [0.4, 0.5) is 17.1 Å². The highest BCUT2D eigenvalue weighted by atomic mass is 32.1. The van der Waals surface area contributed by atoms with Crippen molar-refractivity contribution in [3.63, 3.8) is 0 Å². The number of hydrogen-bond acceptors (Lipinski definition) is 6. The monoisotopic (exact) mass is 1370 g/mol. The lowest BCUT2D eigenvalue weighted by atomic mass is 9.86. The van der Waals surface area contributed by atoms with Crippen molar-refractivity contribution < 1.29 is 0 Å². The Labute approximate surface area is 618 Å². The highest BCUT2D eigenvalue weighted by Crippen LogP contribution is 2.45. The van der Waals surface area contributed by atoms with Gasteiger partial charge in [-0.25, -0.2) is 0 Å². The average Bonchev–Trinajstić information content (AvgIpc) is 1.62. The van der Waals surface area contributed by atoms with Crippen LogP contribution < -0.4 is 4.90 Å². The second kappa shape index (κ2) is 28.1. The first kappa shape index (κ1) is 66.5. The van der Waals surface area contributed by atoms with E-state index in [0.717, 1.165) is 123 Å². The molecule has 0 saturated heterocycles. The summed E-state index contributed by atoms with van der Waals surface area (Å²) in [6, 6.07) is 125. The van der Waals surface area contributed by atoms with Gasteiger partial charge < -0.3 is 9.47 Å². The van der Waals surface area contributed by atoms with E-state index >= 15 is 0 Å². The van der Waals surface area contributed by atoms with Gasteiger partial charge in [0, 0.05) is 44.5 Å². The Morgan fingerprint density at radius 2 is 0.648 bits per heavy atom. The normalized spacial score (nSPS) is 11.5. The molecule has 2 heterocycles. The average molecular weight is 1370 g/mol. The van der Waals surface area contributed by atoms with Gasteiger partial charge in [-0.05, 0) is 178 Å². The summed E-state index contributed by atoms with van der Waals surface area (Å²) in [5, 5.41) is 24.0. The standard InChI is InChI=1S/C98H74N6S/c1-97(2,3)80-47-35-69(36-48-80)78-45-58-90-86(61-78)87-62-79(70-37-49-81(50-38-70)98(4,5)6)46-59-91(87)104(90)84-55-43-71(44-56-84)85-57-60-92(96-95(85)101-105-102-96)103(82-51-39-67(40-52-82)65-27-31-72(32-28-65)88(63-99)93(74-19-11-7-12-20-74)75-21-13-8-14-22-75)83-53-41-68(42-54-83)66-29-33-73(34-30-66)89(64-100)94(76-23-15-9-16-24-76)77-25-17-10-18-26-77/h7-62H,1-6H3. The molecule has 2 aromatic heterocycles. The van der Waals surface area contributed by atoms with Crippen molar-refractivity contribution in [3.8, 4) is 73.5 Å². The minimum atomic E-state index is 0.0598. The van der Waals surface area contributed by atoms with Gasteiger partial charge in [-0.3, -0.25) is 0 Å². The zero-order chi connectivity index (χ0) is 71.8. The molecule has 16 aromatic rings. The molecule has 0 aliphatic carbocycles. The lowest BCUT2D eigenvalue weighted by molar-refractivity contribution is 0.590. The molecule has 0 bridgehead atoms. The first-order valence-electron chi connectivity index (χ1n) is 35.6. The van der Waals surface area contributed by atoms with Gasteiger partial charge in [0.15, 0.2) is 0 Å². The quantitative estimate of drug-likeness (QED) is 0.0754. The molecule has 16 rings (SSSR count). The van der Waals surface area contributed by atoms with Crippen LogP contribution >= 0.6 is 11.7 Å². The zero-order valence-corrected chi connectivity index (χ0v) is 60.2. The van der Waals surface area contributed by atoms with E-state index < -0.39 is 0 Å². The predicted octanol–water partition coefficient (Wildman–Crippen LogP) is 26.2. The number of fused-ring (bicyclic) bond motifs is 4. The van der Waals surface area contributed by atoms with Gasteiger partial charge in [0.2, 0.25) is 0 Å². The van der Waals surface area contributed by atoms with Gasteiger partial charge in [-0.2, -0.15) is 19.3 Å². The van der Waals surface area contributed by atoms with E-state index in [9.17, 15) is 10.5 Å². The summed E-state index contributed by atoms with van der Waals surface area (Å²) in [6.45, 7) is 13.6.